The van der Waals surface area contributed by atoms with Crippen molar-refractivity contribution < 1.29 is 4.42 Å². The summed E-state index contributed by atoms with van der Waals surface area (Å²) in [6.07, 6.45) is 0. The van der Waals surface area contributed by atoms with Crippen LogP contribution in [0.3, 0.4) is 0 Å². The van der Waals surface area contributed by atoms with E-state index in [-0.39, 0.29) is 0 Å². The molecule has 65 heavy (non-hydrogen) atoms. The molecule has 12 aromatic rings. The van der Waals surface area contributed by atoms with Crippen molar-refractivity contribution >= 4 is 60.5 Å². The number of hydrogen-bond donors (Lipinski definition) is 0. The lowest BCUT2D eigenvalue weighted by atomic mass is 9.67. The summed E-state index contributed by atoms with van der Waals surface area (Å²) in [7, 11) is 0. The predicted octanol–water partition coefficient (Wildman–Crippen LogP) is 17.1. The van der Waals surface area contributed by atoms with Crippen molar-refractivity contribution in [3.8, 4) is 33.4 Å². The van der Waals surface area contributed by atoms with Gasteiger partial charge in [0.25, 0.3) is 0 Å². The predicted molar refractivity (Wildman–Crippen MR) is 272 cm³/mol. The average molecular weight is 828 g/mol. The second-order valence-electron chi connectivity index (χ2n) is 17.1. The molecule has 0 N–H and O–H groups in total. The Bertz CT molecular complexity index is 3710. The zero-order chi connectivity index (χ0) is 42.9. The SMILES string of the molecule is c1ccc(-c2ccc(N(c3ccc4c(c3)C(c3ccccc3)(c3ccccc3)c3ccccc3-4)c3cc4c(oc5cccc(-c6cccc7ccccc67)c54)c4ccccc34)cc2)cc1. The number of fused-ring (bicyclic) bond motifs is 9. The minimum Gasteiger partial charge on any atom is -0.455 e. The Morgan fingerprint density at radius 3 is 1.66 bits per heavy atom. The van der Waals surface area contributed by atoms with Crippen LogP contribution in [-0.2, 0) is 5.41 Å². The van der Waals surface area contributed by atoms with E-state index in [1.807, 2.05) is 0 Å². The van der Waals surface area contributed by atoms with Crippen LogP contribution in [0.1, 0.15) is 22.3 Å². The van der Waals surface area contributed by atoms with Crippen molar-refractivity contribution in [2.24, 2.45) is 0 Å². The fourth-order valence-electron chi connectivity index (χ4n) is 10.9. The molecule has 13 rings (SSSR count). The molecular formula is C63H41NO. The molecule has 0 unspecified atom stereocenters. The monoisotopic (exact) mass is 827 g/mol. The summed E-state index contributed by atoms with van der Waals surface area (Å²) in [6, 6.07) is 90.8. The van der Waals surface area contributed by atoms with Crippen LogP contribution in [0.4, 0.5) is 17.1 Å². The zero-order valence-corrected chi connectivity index (χ0v) is 35.5. The van der Waals surface area contributed by atoms with Gasteiger partial charge in [-0.1, -0.05) is 212 Å². The Morgan fingerprint density at radius 1 is 0.338 bits per heavy atom. The van der Waals surface area contributed by atoms with Gasteiger partial charge in [0.15, 0.2) is 0 Å². The number of nitrogens with zero attached hydrogens (tertiary/aromatic N) is 1. The van der Waals surface area contributed by atoms with Gasteiger partial charge in [-0.15, -0.1) is 0 Å². The molecule has 1 aliphatic rings. The highest BCUT2D eigenvalue weighted by Gasteiger charge is 2.46. The molecule has 2 nitrogen and oxygen atoms in total. The number of rotatable bonds is 7. The quantitative estimate of drug-likeness (QED) is 0.159. The van der Waals surface area contributed by atoms with Crippen LogP contribution in [-0.4, -0.2) is 0 Å². The highest BCUT2D eigenvalue weighted by molar-refractivity contribution is 6.23. The minimum atomic E-state index is -0.548. The van der Waals surface area contributed by atoms with E-state index in [9.17, 15) is 0 Å². The summed E-state index contributed by atoms with van der Waals surface area (Å²) in [5, 5.41) is 6.81. The van der Waals surface area contributed by atoms with Gasteiger partial charge in [-0.3, -0.25) is 0 Å². The summed E-state index contributed by atoms with van der Waals surface area (Å²) in [6.45, 7) is 0. The lowest BCUT2D eigenvalue weighted by molar-refractivity contribution is 0.673. The van der Waals surface area contributed by atoms with Gasteiger partial charge >= 0.3 is 0 Å². The smallest absolute Gasteiger partial charge is 0.143 e. The molecule has 0 saturated heterocycles. The van der Waals surface area contributed by atoms with Crippen LogP contribution < -0.4 is 4.90 Å². The first-order valence-corrected chi connectivity index (χ1v) is 22.4. The van der Waals surface area contributed by atoms with E-state index in [2.05, 4.69) is 254 Å². The van der Waals surface area contributed by atoms with E-state index in [1.54, 1.807) is 0 Å². The van der Waals surface area contributed by atoms with Crippen molar-refractivity contribution in [1.82, 2.24) is 0 Å². The Labute approximate surface area is 377 Å². The summed E-state index contributed by atoms with van der Waals surface area (Å²) in [5.41, 5.74) is 16.7. The molecule has 0 bridgehead atoms. The van der Waals surface area contributed by atoms with Crippen LogP contribution >= 0.6 is 0 Å². The van der Waals surface area contributed by atoms with Crippen LogP contribution in [0.15, 0.2) is 253 Å². The van der Waals surface area contributed by atoms with E-state index < -0.39 is 5.41 Å². The fraction of sp³-hybridized carbons (Fsp3) is 0.0159. The van der Waals surface area contributed by atoms with Gasteiger partial charge in [-0.2, -0.15) is 0 Å². The van der Waals surface area contributed by atoms with E-state index in [0.717, 1.165) is 55.3 Å². The minimum absolute atomic E-state index is 0.548. The molecule has 0 saturated carbocycles. The molecular weight excluding hydrogens is 787 g/mol. The highest BCUT2D eigenvalue weighted by Crippen LogP contribution is 2.58. The Balaban J connectivity index is 1.11. The number of furan rings is 1. The summed E-state index contributed by atoms with van der Waals surface area (Å²) < 4.78 is 6.95. The number of benzene rings is 11. The van der Waals surface area contributed by atoms with Crippen LogP contribution in [0, 0.1) is 0 Å². The molecule has 0 radical (unpaired) electrons. The van der Waals surface area contributed by atoms with E-state index in [1.165, 1.54) is 60.8 Å². The molecule has 0 amide bonds. The maximum atomic E-state index is 6.95. The molecule has 0 fully saturated rings. The maximum Gasteiger partial charge on any atom is 0.143 e. The second-order valence-corrected chi connectivity index (χ2v) is 17.1. The van der Waals surface area contributed by atoms with Gasteiger partial charge in [0.05, 0.1) is 11.1 Å². The Kier molecular flexibility index (Phi) is 8.47. The topological polar surface area (TPSA) is 16.4 Å². The third kappa shape index (κ3) is 5.67. The van der Waals surface area contributed by atoms with E-state index in [4.69, 9.17) is 4.42 Å². The Morgan fingerprint density at radius 2 is 0.892 bits per heavy atom. The van der Waals surface area contributed by atoms with E-state index >= 15 is 0 Å². The van der Waals surface area contributed by atoms with Crippen molar-refractivity contribution in [2.75, 3.05) is 4.90 Å². The van der Waals surface area contributed by atoms with Gasteiger partial charge in [0.1, 0.15) is 11.2 Å². The molecule has 11 aromatic carbocycles. The fourth-order valence-corrected chi connectivity index (χ4v) is 10.9. The zero-order valence-electron chi connectivity index (χ0n) is 35.5. The average Bonchev–Trinajstić information content (AvgIpc) is 3.91. The maximum absolute atomic E-state index is 6.95. The van der Waals surface area contributed by atoms with Gasteiger partial charge in [0.2, 0.25) is 0 Å². The molecule has 0 spiro atoms. The second kappa shape index (κ2) is 14.8. The van der Waals surface area contributed by atoms with Gasteiger partial charge in [-0.25, -0.2) is 0 Å². The molecule has 0 aliphatic heterocycles. The first-order chi connectivity index (χ1) is 32.3. The first kappa shape index (κ1) is 37.1. The lowest BCUT2D eigenvalue weighted by Crippen LogP contribution is -2.28. The third-order valence-electron chi connectivity index (χ3n) is 13.7. The molecule has 1 aromatic heterocycles. The summed E-state index contributed by atoms with van der Waals surface area (Å²) in [4.78, 5) is 2.47. The normalized spacial score (nSPS) is 12.7. The summed E-state index contributed by atoms with van der Waals surface area (Å²) >= 11 is 0. The standard InChI is InChI=1S/C63H41NO/c1-4-18-42(19-5-1)43-34-36-47(37-35-43)64(48-38-39-52-51-27-14-15-32-57(51)63(58(52)40-48,45-22-6-2-7-23-45)46-24-8-3-9-25-46)59-41-56-61-54(50-30-16-21-44-20-10-11-26-49(44)50)31-17-33-60(61)65-62(56)55-29-13-12-28-53(55)59/h1-41H. The highest BCUT2D eigenvalue weighted by atomic mass is 16.3. The number of hydrogen-bond acceptors (Lipinski definition) is 2. The van der Waals surface area contributed by atoms with Crippen molar-refractivity contribution in [1.29, 1.82) is 0 Å². The number of anilines is 3. The van der Waals surface area contributed by atoms with Crippen LogP contribution in [0.25, 0.3) is 76.9 Å². The molecule has 0 atom stereocenters. The lowest BCUT2D eigenvalue weighted by Gasteiger charge is -2.35. The van der Waals surface area contributed by atoms with Gasteiger partial charge < -0.3 is 9.32 Å². The van der Waals surface area contributed by atoms with Crippen molar-refractivity contribution in [3.63, 3.8) is 0 Å². The van der Waals surface area contributed by atoms with Crippen LogP contribution in [0.5, 0.6) is 0 Å². The van der Waals surface area contributed by atoms with Gasteiger partial charge in [-0.05, 0) is 103 Å². The van der Waals surface area contributed by atoms with Crippen molar-refractivity contribution in [2.45, 2.75) is 5.41 Å². The molecule has 1 heterocycles. The largest absolute Gasteiger partial charge is 0.455 e. The molecule has 2 heteroatoms. The summed E-state index contributed by atoms with van der Waals surface area (Å²) in [5.74, 6) is 0. The van der Waals surface area contributed by atoms with Crippen LogP contribution in [0.2, 0.25) is 0 Å². The van der Waals surface area contributed by atoms with Gasteiger partial charge in [0, 0.05) is 32.9 Å². The van der Waals surface area contributed by atoms with Crippen molar-refractivity contribution in [3.05, 3.63) is 271 Å². The Hall–Kier alpha value is -8.46. The molecule has 1 aliphatic carbocycles. The first-order valence-electron chi connectivity index (χ1n) is 22.4. The third-order valence-corrected chi connectivity index (χ3v) is 13.7. The molecule has 304 valence electrons. The van der Waals surface area contributed by atoms with E-state index in [0.29, 0.717) is 0 Å².